The first-order valence-electron chi connectivity index (χ1n) is 7.30. The Hall–Kier alpha value is -0.890. The van der Waals surface area contributed by atoms with Crippen LogP contribution in [0.15, 0.2) is 24.3 Å². The van der Waals surface area contributed by atoms with Crippen LogP contribution in [0, 0.1) is 17.2 Å². The largest absolute Gasteiger partial charge is 0.385 e. The fourth-order valence-electron chi connectivity index (χ4n) is 3.26. The van der Waals surface area contributed by atoms with Gasteiger partial charge in [0.1, 0.15) is 5.82 Å². The summed E-state index contributed by atoms with van der Waals surface area (Å²) >= 11 is 0. The lowest BCUT2D eigenvalue weighted by atomic mass is 9.76. The molecule has 0 spiro atoms. The van der Waals surface area contributed by atoms with Crippen molar-refractivity contribution in [2.24, 2.45) is 11.3 Å². The van der Waals surface area contributed by atoms with Crippen LogP contribution in [-0.2, 0) is 5.60 Å². The van der Waals surface area contributed by atoms with Crippen molar-refractivity contribution in [3.05, 3.63) is 35.6 Å². The summed E-state index contributed by atoms with van der Waals surface area (Å²) in [5.74, 6) is 0.373. The second kappa shape index (κ2) is 5.24. The van der Waals surface area contributed by atoms with Crippen molar-refractivity contribution in [3.63, 3.8) is 0 Å². The quantitative estimate of drug-likeness (QED) is 0.733. The van der Waals surface area contributed by atoms with Gasteiger partial charge in [0.15, 0.2) is 0 Å². The van der Waals surface area contributed by atoms with Gasteiger partial charge in [-0.05, 0) is 61.1 Å². The Morgan fingerprint density at radius 3 is 2.58 bits per heavy atom. The molecule has 1 aliphatic rings. The molecule has 2 atom stereocenters. The van der Waals surface area contributed by atoms with E-state index >= 15 is 0 Å². The fraction of sp³-hybridized carbons (Fsp3) is 0.647. The molecule has 0 heterocycles. The Morgan fingerprint density at radius 2 is 1.95 bits per heavy atom. The van der Waals surface area contributed by atoms with Gasteiger partial charge < -0.3 is 5.11 Å². The zero-order valence-electron chi connectivity index (χ0n) is 12.2. The molecule has 106 valence electrons. The summed E-state index contributed by atoms with van der Waals surface area (Å²) in [5.41, 5.74) is 0.178. The van der Waals surface area contributed by atoms with E-state index in [-0.39, 0.29) is 11.2 Å². The maximum atomic E-state index is 13.3. The van der Waals surface area contributed by atoms with Gasteiger partial charge in [0.2, 0.25) is 0 Å². The van der Waals surface area contributed by atoms with Gasteiger partial charge in [-0.15, -0.1) is 0 Å². The van der Waals surface area contributed by atoms with E-state index in [2.05, 4.69) is 20.8 Å². The van der Waals surface area contributed by atoms with Crippen LogP contribution >= 0.6 is 0 Å². The van der Waals surface area contributed by atoms with Gasteiger partial charge in [-0.25, -0.2) is 4.39 Å². The molecule has 2 unspecified atom stereocenters. The van der Waals surface area contributed by atoms with Crippen LogP contribution in [0.5, 0.6) is 0 Å². The third-order valence-electron chi connectivity index (χ3n) is 4.64. The molecular weight excluding hydrogens is 239 g/mol. The molecule has 0 saturated heterocycles. The summed E-state index contributed by atoms with van der Waals surface area (Å²) in [4.78, 5) is 0. The van der Waals surface area contributed by atoms with Crippen LogP contribution in [0.25, 0.3) is 0 Å². The first-order chi connectivity index (χ1) is 8.81. The zero-order chi connectivity index (χ0) is 14.1. The predicted octanol–water partition coefficient (Wildman–Crippen LogP) is 4.64. The van der Waals surface area contributed by atoms with E-state index in [1.165, 1.54) is 12.1 Å². The molecule has 0 aromatic heterocycles. The zero-order valence-corrected chi connectivity index (χ0v) is 12.2. The molecule has 19 heavy (non-hydrogen) atoms. The molecule has 1 saturated carbocycles. The molecule has 1 nitrogen and oxygen atoms in total. The molecule has 1 aliphatic carbocycles. The van der Waals surface area contributed by atoms with E-state index in [1.807, 2.05) is 6.07 Å². The molecular formula is C17H25FO. The average molecular weight is 264 g/mol. The lowest BCUT2D eigenvalue weighted by Gasteiger charge is -2.31. The highest BCUT2D eigenvalue weighted by Crippen LogP contribution is 2.43. The smallest absolute Gasteiger partial charge is 0.123 e. The Bertz CT molecular complexity index is 435. The average Bonchev–Trinajstić information content (AvgIpc) is 2.52. The van der Waals surface area contributed by atoms with Crippen LogP contribution in [0.4, 0.5) is 4.39 Å². The summed E-state index contributed by atoms with van der Waals surface area (Å²) in [6, 6.07) is 6.45. The maximum absolute atomic E-state index is 13.3. The van der Waals surface area contributed by atoms with E-state index in [1.54, 1.807) is 6.07 Å². The highest BCUT2D eigenvalue weighted by atomic mass is 19.1. The number of aliphatic hydroxyl groups is 1. The fourth-order valence-corrected chi connectivity index (χ4v) is 3.26. The van der Waals surface area contributed by atoms with Crippen LogP contribution in [-0.4, -0.2) is 5.11 Å². The number of benzene rings is 1. The first-order valence-corrected chi connectivity index (χ1v) is 7.30. The van der Waals surface area contributed by atoms with Crippen molar-refractivity contribution in [1.82, 2.24) is 0 Å². The minimum Gasteiger partial charge on any atom is -0.385 e. The lowest BCUT2D eigenvalue weighted by molar-refractivity contribution is 0.0177. The van der Waals surface area contributed by atoms with Gasteiger partial charge in [-0.2, -0.15) is 0 Å². The van der Waals surface area contributed by atoms with Crippen molar-refractivity contribution in [3.8, 4) is 0 Å². The summed E-state index contributed by atoms with van der Waals surface area (Å²) < 4.78 is 13.3. The Labute approximate surface area is 115 Å². The third kappa shape index (κ3) is 3.36. The minimum absolute atomic E-state index is 0.262. The molecule has 0 bridgehead atoms. The highest BCUT2D eigenvalue weighted by Gasteiger charge is 2.35. The second-order valence-electron chi connectivity index (χ2n) is 7.04. The SMILES string of the molecule is CC(C)(C)C1CCCC(O)(c2cccc(F)c2)CC1. The highest BCUT2D eigenvalue weighted by molar-refractivity contribution is 5.23. The van der Waals surface area contributed by atoms with Crippen molar-refractivity contribution >= 4 is 0 Å². The molecule has 1 N–H and O–H groups in total. The van der Waals surface area contributed by atoms with Gasteiger partial charge in [0.05, 0.1) is 5.60 Å². The number of halogens is 1. The predicted molar refractivity (Wildman–Crippen MR) is 76.3 cm³/mol. The van der Waals surface area contributed by atoms with Gasteiger partial charge in [0.25, 0.3) is 0 Å². The maximum Gasteiger partial charge on any atom is 0.123 e. The molecule has 0 aliphatic heterocycles. The Kier molecular flexibility index (Phi) is 4.00. The van der Waals surface area contributed by atoms with Crippen molar-refractivity contribution in [2.75, 3.05) is 0 Å². The standard InChI is InChI=1S/C17H25FO/c1-16(2,3)13-7-5-10-17(19,11-9-13)14-6-4-8-15(18)12-14/h4,6,8,12-13,19H,5,7,9-11H2,1-3H3. The van der Waals surface area contributed by atoms with Crippen molar-refractivity contribution in [1.29, 1.82) is 0 Å². The normalized spacial score (nSPS) is 29.0. The Balaban J connectivity index is 2.18. The monoisotopic (exact) mass is 264 g/mol. The molecule has 2 rings (SSSR count). The third-order valence-corrected chi connectivity index (χ3v) is 4.64. The van der Waals surface area contributed by atoms with E-state index in [0.29, 0.717) is 5.92 Å². The molecule has 1 aromatic carbocycles. The van der Waals surface area contributed by atoms with Crippen molar-refractivity contribution < 1.29 is 9.50 Å². The topological polar surface area (TPSA) is 20.2 Å². The summed E-state index contributed by atoms with van der Waals surface area (Å²) in [6.07, 6.45) is 4.65. The minimum atomic E-state index is -0.845. The summed E-state index contributed by atoms with van der Waals surface area (Å²) in [6.45, 7) is 6.80. The van der Waals surface area contributed by atoms with Gasteiger partial charge in [0, 0.05) is 0 Å². The van der Waals surface area contributed by atoms with E-state index in [9.17, 15) is 9.50 Å². The van der Waals surface area contributed by atoms with Crippen LogP contribution in [0.2, 0.25) is 0 Å². The van der Waals surface area contributed by atoms with Gasteiger partial charge in [-0.3, -0.25) is 0 Å². The number of hydrogen-bond donors (Lipinski definition) is 1. The van der Waals surface area contributed by atoms with Gasteiger partial charge >= 0.3 is 0 Å². The van der Waals surface area contributed by atoms with Crippen molar-refractivity contribution in [2.45, 2.75) is 58.5 Å². The van der Waals surface area contributed by atoms with E-state index in [0.717, 1.165) is 37.7 Å². The van der Waals surface area contributed by atoms with Crippen LogP contribution < -0.4 is 0 Å². The number of hydrogen-bond acceptors (Lipinski definition) is 1. The van der Waals surface area contributed by atoms with Crippen LogP contribution in [0.1, 0.15) is 58.4 Å². The molecule has 1 fully saturated rings. The van der Waals surface area contributed by atoms with E-state index in [4.69, 9.17) is 0 Å². The molecule has 0 radical (unpaired) electrons. The summed E-state index contributed by atoms with van der Waals surface area (Å²) in [7, 11) is 0. The number of rotatable bonds is 1. The molecule has 0 amide bonds. The Morgan fingerprint density at radius 1 is 1.21 bits per heavy atom. The molecule has 2 heteroatoms. The molecule has 1 aromatic rings. The first kappa shape index (κ1) is 14.5. The lowest BCUT2D eigenvalue weighted by Crippen LogP contribution is -2.26. The van der Waals surface area contributed by atoms with Crippen LogP contribution in [0.3, 0.4) is 0 Å². The van der Waals surface area contributed by atoms with Gasteiger partial charge in [-0.1, -0.05) is 32.9 Å². The second-order valence-corrected chi connectivity index (χ2v) is 7.04. The summed E-state index contributed by atoms with van der Waals surface area (Å²) in [5, 5.41) is 10.9. The van der Waals surface area contributed by atoms with E-state index < -0.39 is 5.60 Å².